The van der Waals surface area contributed by atoms with E-state index in [1.54, 1.807) is 18.2 Å². The van der Waals surface area contributed by atoms with E-state index < -0.39 is 6.09 Å². The second-order valence-electron chi connectivity index (χ2n) is 8.25. The van der Waals surface area contributed by atoms with Gasteiger partial charge in [0.05, 0.1) is 31.6 Å². The molecule has 4 rings (SSSR count). The van der Waals surface area contributed by atoms with E-state index >= 15 is 0 Å². The van der Waals surface area contributed by atoms with Crippen molar-refractivity contribution in [2.45, 2.75) is 19.3 Å². The van der Waals surface area contributed by atoms with Crippen molar-refractivity contribution in [1.29, 1.82) is 5.26 Å². The average Bonchev–Trinajstić information content (AvgIpc) is 3.49. The fourth-order valence-corrected chi connectivity index (χ4v) is 5.40. The smallest absolute Gasteiger partial charge is 0.407 e. The molecule has 10 heteroatoms. The minimum absolute atomic E-state index is 0.185. The van der Waals surface area contributed by atoms with E-state index in [9.17, 15) is 14.9 Å². The highest BCUT2D eigenvalue weighted by Crippen LogP contribution is 2.39. The molecule has 1 aliphatic carbocycles. The summed E-state index contributed by atoms with van der Waals surface area (Å²) in [6, 6.07) is 5.73. The largest absolute Gasteiger partial charge is 0.465 e. The minimum Gasteiger partial charge on any atom is -0.465 e. The third-order valence-electron chi connectivity index (χ3n) is 5.91. The van der Waals surface area contributed by atoms with Crippen LogP contribution < -0.4 is 10.6 Å². The molecule has 3 heterocycles. The normalized spacial score (nSPS) is 18.3. The maximum absolute atomic E-state index is 12.3. The number of alkyl carbamates (subject to hydrolysis) is 1. The minimum atomic E-state index is -0.403. The van der Waals surface area contributed by atoms with Crippen LogP contribution in [0.2, 0.25) is 0 Å². The van der Waals surface area contributed by atoms with E-state index in [4.69, 9.17) is 13.9 Å². The Labute approximate surface area is 202 Å². The summed E-state index contributed by atoms with van der Waals surface area (Å²) in [5.74, 6) is 0.444. The van der Waals surface area contributed by atoms with Crippen LogP contribution in [0, 0.1) is 17.2 Å². The molecule has 2 N–H and O–H groups in total. The van der Waals surface area contributed by atoms with Crippen molar-refractivity contribution in [2.24, 2.45) is 5.92 Å². The van der Waals surface area contributed by atoms with Crippen molar-refractivity contribution >= 4 is 34.4 Å². The Balaban J connectivity index is 1.25. The molecule has 34 heavy (non-hydrogen) atoms. The Morgan fingerprint density at radius 1 is 1.35 bits per heavy atom. The number of nitriles is 1. The van der Waals surface area contributed by atoms with Gasteiger partial charge in [0.2, 0.25) is 5.91 Å². The number of anilines is 1. The van der Waals surface area contributed by atoms with Gasteiger partial charge in [0.1, 0.15) is 16.8 Å². The van der Waals surface area contributed by atoms with Crippen LogP contribution in [0.25, 0.3) is 6.08 Å². The van der Waals surface area contributed by atoms with Crippen LogP contribution in [0.1, 0.15) is 28.2 Å². The van der Waals surface area contributed by atoms with Gasteiger partial charge in [-0.15, -0.1) is 11.3 Å². The van der Waals surface area contributed by atoms with Crippen molar-refractivity contribution in [2.75, 3.05) is 51.3 Å². The highest BCUT2D eigenvalue weighted by atomic mass is 32.1. The zero-order valence-corrected chi connectivity index (χ0v) is 19.7. The van der Waals surface area contributed by atoms with Gasteiger partial charge >= 0.3 is 6.09 Å². The van der Waals surface area contributed by atoms with Crippen molar-refractivity contribution in [3.63, 3.8) is 0 Å². The number of amides is 2. The van der Waals surface area contributed by atoms with Crippen LogP contribution in [0.5, 0.6) is 0 Å². The van der Waals surface area contributed by atoms with E-state index in [1.807, 2.05) is 0 Å². The molecule has 1 aliphatic heterocycles. The molecule has 0 radical (unpaired) electrons. The topological polar surface area (TPSA) is 117 Å². The lowest BCUT2D eigenvalue weighted by atomic mass is 9.88. The number of nitrogens with one attached hydrogen (secondary N) is 2. The predicted molar refractivity (Wildman–Crippen MR) is 128 cm³/mol. The lowest BCUT2D eigenvalue weighted by molar-refractivity contribution is -0.111. The van der Waals surface area contributed by atoms with Crippen molar-refractivity contribution in [1.82, 2.24) is 10.2 Å². The molecule has 0 bridgehead atoms. The monoisotopic (exact) mass is 484 g/mol. The molecular weight excluding hydrogens is 456 g/mol. The van der Waals surface area contributed by atoms with Crippen molar-refractivity contribution < 1.29 is 23.5 Å². The molecule has 0 saturated carbocycles. The number of ether oxygens (including phenoxy) is 2. The summed E-state index contributed by atoms with van der Waals surface area (Å²) in [6.07, 6.45) is 6.35. The van der Waals surface area contributed by atoms with Crippen LogP contribution in [-0.2, 0) is 27.1 Å². The number of hydrogen-bond acceptors (Lipinski definition) is 8. The van der Waals surface area contributed by atoms with Gasteiger partial charge in [-0.3, -0.25) is 9.69 Å². The number of carbonyl (C=O) groups is 2. The number of hydrogen-bond donors (Lipinski definition) is 2. The molecule has 0 aromatic carbocycles. The van der Waals surface area contributed by atoms with Gasteiger partial charge in [0.15, 0.2) is 0 Å². The first-order chi connectivity index (χ1) is 16.6. The van der Waals surface area contributed by atoms with E-state index in [0.717, 1.165) is 56.1 Å². The lowest BCUT2D eigenvalue weighted by Gasteiger charge is -2.26. The highest BCUT2D eigenvalue weighted by Gasteiger charge is 2.27. The molecular formula is C24H28N4O5S. The molecule has 2 amide bonds. The summed E-state index contributed by atoms with van der Waals surface area (Å²) in [4.78, 5) is 27.7. The third-order valence-corrected chi connectivity index (χ3v) is 7.08. The Bertz CT molecular complexity index is 1050. The molecule has 1 atom stereocenters. The number of fused-ring (bicyclic) bond motifs is 1. The average molecular weight is 485 g/mol. The summed E-state index contributed by atoms with van der Waals surface area (Å²) >= 11 is 1.42. The van der Waals surface area contributed by atoms with E-state index in [0.29, 0.717) is 35.9 Å². The number of carbonyl (C=O) groups excluding carboxylic acids is 2. The number of furan rings is 1. The Kier molecular flexibility index (Phi) is 8.36. The summed E-state index contributed by atoms with van der Waals surface area (Å²) in [5.41, 5.74) is 1.52. The van der Waals surface area contributed by atoms with Gasteiger partial charge in [0.25, 0.3) is 0 Å². The fraction of sp³-hybridized carbons (Fsp3) is 0.458. The Morgan fingerprint density at radius 3 is 2.97 bits per heavy atom. The summed E-state index contributed by atoms with van der Waals surface area (Å²) in [5, 5.41) is 15.8. The van der Waals surface area contributed by atoms with Crippen LogP contribution in [-0.4, -0.2) is 62.9 Å². The first kappa shape index (κ1) is 24.0. The van der Waals surface area contributed by atoms with Crippen LogP contribution in [0.4, 0.5) is 9.80 Å². The number of morpholine rings is 1. The Morgan fingerprint density at radius 2 is 2.21 bits per heavy atom. The second-order valence-corrected chi connectivity index (χ2v) is 9.35. The van der Waals surface area contributed by atoms with Crippen LogP contribution in [0.3, 0.4) is 0 Å². The second kappa shape index (κ2) is 11.8. The first-order valence-corrected chi connectivity index (χ1v) is 12.2. The summed E-state index contributed by atoms with van der Waals surface area (Å²) in [6.45, 7) is 4.89. The van der Waals surface area contributed by atoms with Gasteiger partial charge in [0, 0.05) is 37.1 Å². The van der Waals surface area contributed by atoms with Gasteiger partial charge < -0.3 is 24.5 Å². The van der Waals surface area contributed by atoms with Crippen molar-refractivity contribution in [3.8, 4) is 6.07 Å². The lowest BCUT2D eigenvalue weighted by Crippen LogP contribution is -2.41. The molecule has 9 nitrogen and oxygen atoms in total. The zero-order valence-electron chi connectivity index (χ0n) is 18.9. The van der Waals surface area contributed by atoms with E-state index in [2.05, 4.69) is 21.6 Å². The van der Waals surface area contributed by atoms with E-state index in [1.165, 1.54) is 23.7 Å². The molecule has 1 fully saturated rings. The van der Waals surface area contributed by atoms with Crippen molar-refractivity contribution in [3.05, 3.63) is 46.2 Å². The zero-order chi connectivity index (χ0) is 23.8. The van der Waals surface area contributed by atoms with E-state index in [-0.39, 0.29) is 11.8 Å². The van der Waals surface area contributed by atoms with Gasteiger partial charge in [-0.1, -0.05) is 0 Å². The fourth-order valence-electron chi connectivity index (χ4n) is 4.09. The highest BCUT2D eigenvalue weighted by molar-refractivity contribution is 7.16. The standard InChI is InChI=1S/C24H28N4O5S/c25-15-20-19-5-3-17(16-33-24(30)26-7-8-28-9-12-31-13-10-28)14-21(19)34-23(20)27-22(29)6-4-18-2-1-11-32-18/h1-2,4,6,11,17H,3,5,7-10,12-14,16H2,(H,26,30)(H,27,29). The molecule has 1 unspecified atom stereocenters. The summed E-state index contributed by atoms with van der Waals surface area (Å²) < 4.78 is 15.9. The predicted octanol–water partition coefficient (Wildman–Crippen LogP) is 3.03. The van der Waals surface area contributed by atoms with Gasteiger partial charge in [-0.25, -0.2) is 4.79 Å². The molecule has 2 aliphatic rings. The van der Waals surface area contributed by atoms with Crippen LogP contribution >= 0.6 is 11.3 Å². The first-order valence-electron chi connectivity index (χ1n) is 11.4. The molecule has 1 saturated heterocycles. The maximum atomic E-state index is 12.3. The van der Waals surface area contributed by atoms with Crippen LogP contribution in [0.15, 0.2) is 28.9 Å². The summed E-state index contributed by atoms with van der Waals surface area (Å²) in [7, 11) is 0. The number of thiophene rings is 1. The molecule has 180 valence electrons. The molecule has 0 spiro atoms. The quantitative estimate of drug-likeness (QED) is 0.553. The van der Waals surface area contributed by atoms with Gasteiger partial charge in [-0.2, -0.15) is 5.26 Å². The SMILES string of the molecule is N#Cc1c(NC(=O)C=Cc2ccco2)sc2c1CCC(COC(=O)NCCN1CCOCC1)C2. The molecule has 2 aromatic heterocycles. The maximum Gasteiger partial charge on any atom is 0.407 e. The molecule has 2 aromatic rings. The number of nitrogens with zero attached hydrogens (tertiary/aromatic N) is 2. The Hall–Kier alpha value is -3.13. The van der Waals surface area contributed by atoms with Gasteiger partial charge in [-0.05, 0) is 49.0 Å². The third kappa shape index (κ3) is 6.47. The number of rotatable bonds is 8.